The van der Waals surface area contributed by atoms with Crippen molar-refractivity contribution in [2.24, 2.45) is 0 Å². The van der Waals surface area contributed by atoms with E-state index in [9.17, 15) is 0 Å². The van der Waals surface area contributed by atoms with Gasteiger partial charge in [0, 0.05) is 0 Å². The van der Waals surface area contributed by atoms with Gasteiger partial charge in [-0.3, -0.25) is 0 Å². The van der Waals surface area contributed by atoms with Gasteiger partial charge in [-0.2, -0.15) is 0 Å². The lowest BCUT2D eigenvalue weighted by Crippen LogP contribution is -1.89. The third-order valence-electron chi connectivity index (χ3n) is 7.28. The zero-order valence-electron chi connectivity index (χ0n) is 19.9. The van der Waals surface area contributed by atoms with E-state index in [1.807, 2.05) is 0 Å². The maximum atomic E-state index is 2.31. The fraction of sp³-hybridized carbons (Fsp3) is 0. The number of hydrogen-bond donors (Lipinski definition) is 0. The van der Waals surface area contributed by atoms with Crippen LogP contribution in [0.5, 0.6) is 0 Å². The van der Waals surface area contributed by atoms with Crippen LogP contribution in [0, 0.1) is 0 Å². The standard InChI is InChI=1S/C36H24/c1-2-11-26(12-3-1)29-20-22-35(33-16-8-6-14-31(29)33)36-23-21-30(32-15-7-9-17-34(32)36)28-19-18-25-10-4-5-13-27(25)24-28/h1-24H. The molecular formula is C36H24. The van der Waals surface area contributed by atoms with Gasteiger partial charge in [-0.15, -0.1) is 0 Å². The van der Waals surface area contributed by atoms with Crippen molar-refractivity contribution in [3.63, 3.8) is 0 Å². The van der Waals surface area contributed by atoms with E-state index in [4.69, 9.17) is 0 Å². The molecule has 0 fully saturated rings. The van der Waals surface area contributed by atoms with E-state index in [2.05, 4.69) is 146 Å². The number of rotatable bonds is 3. The van der Waals surface area contributed by atoms with Crippen LogP contribution in [0.15, 0.2) is 146 Å². The first-order chi connectivity index (χ1) is 17.9. The Bertz CT molecular complexity index is 1880. The van der Waals surface area contributed by atoms with E-state index in [1.54, 1.807) is 0 Å². The second-order valence-electron chi connectivity index (χ2n) is 9.34. The summed E-state index contributed by atoms with van der Waals surface area (Å²) in [6.07, 6.45) is 0. The van der Waals surface area contributed by atoms with Gasteiger partial charge in [-0.25, -0.2) is 0 Å². The molecule has 7 aromatic carbocycles. The third kappa shape index (κ3) is 3.39. The lowest BCUT2D eigenvalue weighted by atomic mass is 9.88. The van der Waals surface area contributed by atoms with E-state index in [1.165, 1.54) is 65.7 Å². The molecule has 0 bridgehead atoms. The Kier molecular flexibility index (Phi) is 4.89. The van der Waals surface area contributed by atoms with Crippen molar-refractivity contribution in [2.75, 3.05) is 0 Å². The van der Waals surface area contributed by atoms with Crippen LogP contribution < -0.4 is 0 Å². The summed E-state index contributed by atoms with van der Waals surface area (Å²) in [7, 11) is 0. The topological polar surface area (TPSA) is 0 Å². The Morgan fingerprint density at radius 1 is 0.250 bits per heavy atom. The maximum Gasteiger partial charge on any atom is -0.00987 e. The Labute approximate surface area is 211 Å². The summed E-state index contributed by atoms with van der Waals surface area (Å²) in [5, 5.41) is 7.66. The van der Waals surface area contributed by atoms with Gasteiger partial charge in [0.25, 0.3) is 0 Å². The summed E-state index contributed by atoms with van der Waals surface area (Å²) in [4.78, 5) is 0. The highest BCUT2D eigenvalue weighted by Crippen LogP contribution is 2.41. The first-order valence-corrected chi connectivity index (χ1v) is 12.5. The molecule has 36 heavy (non-hydrogen) atoms. The molecule has 0 amide bonds. The highest BCUT2D eigenvalue weighted by molar-refractivity contribution is 6.12. The number of benzene rings is 7. The fourth-order valence-electron chi connectivity index (χ4n) is 5.55. The zero-order chi connectivity index (χ0) is 23.9. The van der Waals surface area contributed by atoms with E-state index in [-0.39, 0.29) is 0 Å². The molecule has 0 radical (unpaired) electrons. The molecule has 0 aliphatic carbocycles. The minimum absolute atomic E-state index is 1.25. The highest BCUT2D eigenvalue weighted by atomic mass is 14.2. The first kappa shape index (κ1) is 20.7. The molecule has 0 N–H and O–H groups in total. The normalized spacial score (nSPS) is 11.3. The highest BCUT2D eigenvalue weighted by Gasteiger charge is 2.14. The van der Waals surface area contributed by atoms with Crippen LogP contribution in [0.1, 0.15) is 0 Å². The maximum absolute atomic E-state index is 2.31. The largest absolute Gasteiger partial charge is 0.0622 e. The molecule has 0 saturated carbocycles. The third-order valence-corrected chi connectivity index (χ3v) is 7.28. The molecule has 0 nitrogen and oxygen atoms in total. The zero-order valence-corrected chi connectivity index (χ0v) is 19.9. The molecule has 0 heteroatoms. The van der Waals surface area contributed by atoms with Crippen molar-refractivity contribution >= 4 is 32.3 Å². The average Bonchev–Trinajstić information content (AvgIpc) is 2.96. The molecule has 0 atom stereocenters. The number of fused-ring (bicyclic) bond motifs is 3. The predicted octanol–water partition coefficient (Wildman–Crippen LogP) is 10.1. The second-order valence-corrected chi connectivity index (χ2v) is 9.34. The molecule has 0 heterocycles. The van der Waals surface area contributed by atoms with E-state index in [0.717, 1.165) is 0 Å². The van der Waals surface area contributed by atoms with Gasteiger partial charge in [0.2, 0.25) is 0 Å². The summed E-state index contributed by atoms with van der Waals surface area (Å²) >= 11 is 0. The Hall–Kier alpha value is -4.68. The molecular weight excluding hydrogens is 432 g/mol. The van der Waals surface area contributed by atoms with Crippen LogP contribution in [0.4, 0.5) is 0 Å². The molecule has 0 aromatic heterocycles. The van der Waals surface area contributed by atoms with Crippen LogP contribution in [0.3, 0.4) is 0 Å². The van der Waals surface area contributed by atoms with Gasteiger partial charge in [0.05, 0.1) is 0 Å². The van der Waals surface area contributed by atoms with E-state index < -0.39 is 0 Å². The Balaban J connectivity index is 1.45. The van der Waals surface area contributed by atoms with Crippen LogP contribution in [-0.2, 0) is 0 Å². The number of hydrogen-bond acceptors (Lipinski definition) is 0. The van der Waals surface area contributed by atoms with E-state index in [0.29, 0.717) is 0 Å². The van der Waals surface area contributed by atoms with Crippen molar-refractivity contribution in [2.45, 2.75) is 0 Å². The molecule has 0 aliphatic heterocycles. The van der Waals surface area contributed by atoms with Crippen LogP contribution in [0.25, 0.3) is 65.7 Å². The van der Waals surface area contributed by atoms with Gasteiger partial charge in [-0.05, 0) is 71.8 Å². The quantitative estimate of drug-likeness (QED) is 0.248. The minimum Gasteiger partial charge on any atom is -0.0622 e. The summed E-state index contributed by atoms with van der Waals surface area (Å²) in [5.74, 6) is 0. The van der Waals surface area contributed by atoms with Crippen molar-refractivity contribution < 1.29 is 0 Å². The smallest absolute Gasteiger partial charge is 0.00987 e. The van der Waals surface area contributed by atoms with Crippen LogP contribution >= 0.6 is 0 Å². The van der Waals surface area contributed by atoms with Crippen LogP contribution in [-0.4, -0.2) is 0 Å². The van der Waals surface area contributed by atoms with Gasteiger partial charge in [0.15, 0.2) is 0 Å². The van der Waals surface area contributed by atoms with Crippen LogP contribution in [0.2, 0.25) is 0 Å². The first-order valence-electron chi connectivity index (χ1n) is 12.5. The lowest BCUT2D eigenvalue weighted by molar-refractivity contribution is 1.63. The molecule has 7 rings (SSSR count). The van der Waals surface area contributed by atoms with Gasteiger partial charge in [0.1, 0.15) is 0 Å². The Morgan fingerprint density at radius 2 is 0.694 bits per heavy atom. The minimum atomic E-state index is 1.25. The van der Waals surface area contributed by atoms with Crippen molar-refractivity contribution in [1.82, 2.24) is 0 Å². The molecule has 0 unspecified atom stereocenters. The van der Waals surface area contributed by atoms with Gasteiger partial charge >= 0.3 is 0 Å². The van der Waals surface area contributed by atoms with Crippen molar-refractivity contribution in [3.8, 4) is 33.4 Å². The molecule has 0 aliphatic rings. The summed E-state index contributed by atoms with van der Waals surface area (Å²) in [6, 6.07) is 52.8. The molecule has 0 saturated heterocycles. The van der Waals surface area contributed by atoms with Gasteiger partial charge < -0.3 is 0 Å². The molecule has 7 aromatic rings. The summed E-state index contributed by atoms with van der Waals surface area (Å²) in [6.45, 7) is 0. The predicted molar refractivity (Wildman–Crippen MR) is 155 cm³/mol. The van der Waals surface area contributed by atoms with E-state index >= 15 is 0 Å². The SMILES string of the molecule is c1ccc(-c2ccc(-c3ccc(-c4ccc5ccccc5c4)c4ccccc34)c3ccccc23)cc1. The summed E-state index contributed by atoms with van der Waals surface area (Å²) < 4.78 is 0. The monoisotopic (exact) mass is 456 g/mol. The average molecular weight is 457 g/mol. The molecule has 168 valence electrons. The summed E-state index contributed by atoms with van der Waals surface area (Å²) in [5.41, 5.74) is 7.58. The molecule has 0 spiro atoms. The van der Waals surface area contributed by atoms with Crippen molar-refractivity contribution in [1.29, 1.82) is 0 Å². The van der Waals surface area contributed by atoms with Crippen molar-refractivity contribution in [3.05, 3.63) is 146 Å². The fourth-order valence-corrected chi connectivity index (χ4v) is 5.55. The lowest BCUT2D eigenvalue weighted by Gasteiger charge is -2.16. The Morgan fingerprint density at radius 3 is 1.31 bits per heavy atom. The second kappa shape index (κ2) is 8.52. The van der Waals surface area contributed by atoms with Gasteiger partial charge in [-0.1, -0.05) is 140 Å².